The van der Waals surface area contributed by atoms with E-state index >= 15 is 0 Å². The molecule has 0 fully saturated rings. The zero-order valence-corrected chi connectivity index (χ0v) is 14.5. The molecule has 3 aromatic rings. The van der Waals surface area contributed by atoms with Gasteiger partial charge in [-0.15, -0.1) is 0 Å². The van der Waals surface area contributed by atoms with E-state index in [2.05, 4.69) is 4.72 Å². The second-order valence-corrected chi connectivity index (χ2v) is 7.47. The van der Waals surface area contributed by atoms with Crippen LogP contribution in [-0.4, -0.2) is 21.2 Å². The molecule has 0 unspecified atom stereocenters. The van der Waals surface area contributed by atoms with Gasteiger partial charge in [-0.3, -0.25) is 4.79 Å². The first-order valence-corrected chi connectivity index (χ1v) is 8.97. The van der Waals surface area contributed by atoms with Crippen LogP contribution in [0.25, 0.3) is 11.0 Å². The van der Waals surface area contributed by atoms with E-state index in [1.807, 2.05) is 12.1 Å². The predicted octanol–water partition coefficient (Wildman–Crippen LogP) is 3.53. The molecule has 0 atom stereocenters. The van der Waals surface area contributed by atoms with Crippen LogP contribution in [0.3, 0.4) is 0 Å². The molecule has 0 bridgehead atoms. The molecule has 0 radical (unpaired) electrons. The molecule has 2 aromatic carbocycles. The lowest BCUT2D eigenvalue weighted by atomic mass is 10.0. The summed E-state index contributed by atoms with van der Waals surface area (Å²) in [6.07, 6.45) is 0. The highest BCUT2D eigenvalue weighted by molar-refractivity contribution is 7.89. The van der Waals surface area contributed by atoms with Crippen molar-refractivity contribution in [3.05, 3.63) is 64.4 Å². The van der Waals surface area contributed by atoms with Gasteiger partial charge in [-0.2, -0.15) is 0 Å². The van der Waals surface area contributed by atoms with Gasteiger partial charge < -0.3 is 4.42 Å². The maximum atomic E-state index is 12.9. The van der Waals surface area contributed by atoms with Crippen molar-refractivity contribution in [3.63, 3.8) is 0 Å². The number of para-hydroxylation sites is 1. The third-order valence-corrected chi connectivity index (χ3v) is 5.65. The zero-order chi connectivity index (χ0) is 17.5. The molecule has 0 aliphatic heterocycles. The summed E-state index contributed by atoms with van der Waals surface area (Å²) in [5, 5.41) is 0.739. The number of benzene rings is 2. The molecule has 0 saturated heterocycles. The molecule has 0 saturated carbocycles. The fourth-order valence-corrected chi connectivity index (χ4v) is 3.80. The van der Waals surface area contributed by atoms with E-state index in [9.17, 15) is 13.2 Å². The number of halogens is 1. The van der Waals surface area contributed by atoms with E-state index in [4.69, 9.17) is 16.0 Å². The van der Waals surface area contributed by atoms with Gasteiger partial charge in [0.05, 0.1) is 10.6 Å². The van der Waals surface area contributed by atoms with Crippen molar-refractivity contribution < 1.29 is 17.6 Å². The predicted molar refractivity (Wildman–Crippen MR) is 92.1 cm³/mol. The van der Waals surface area contributed by atoms with E-state index in [-0.39, 0.29) is 21.3 Å². The van der Waals surface area contributed by atoms with Gasteiger partial charge in [0.25, 0.3) is 0 Å². The quantitative estimate of drug-likeness (QED) is 0.719. The summed E-state index contributed by atoms with van der Waals surface area (Å²) in [5.74, 6) is 0.163. The molecule has 1 aromatic heterocycles. The minimum Gasteiger partial charge on any atom is -0.461 e. The maximum Gasteiger partial charge on any atom is 0.241 e. The van der Waals surface area contributed by atoms with Crippen molar-refractivity contribution in [1.82, 2.24) is 4.72 Å². The number of carbonyl (C=O) groups is 1. The molecule has 0 spiro atoms. The third-order valence-electron chi connectivity index (χ3n) is 3.75. The Morgan fingerprint density at radius 1 is 1.17 bits per heavy atom. The van der Waals surface area contributed by atoms with Crippen LogP contribution < -0.4 is 4.72 Å². The highest BCUT2D eigenvalue weighted by Gasteiger charge is 2.23. The summed E-state index contributed by atoms with van der Waals surface area (Å²) in [6, 6.07) is 11.4. The van der Waals surface area contributed by atoms with Gasteiger partial charge in [-0.05, 0) is 38.2 Å². The van der Waals surface area contributed by atoms with Gasteiger partial charge in [-0.1, -0.05) is 29.8 Å². The van der Waals surface area contributed by atoms with Gasteiger partial charge >= 0.3 is 0 Å². The van der Waals surface area contributed by atoms with Gasteiger partial charge in [0, 0.05) is 10.9 Å². The minimum atomic E-state index is -3.76. The van der Waals surface area contributed by atoms with Crippen LogP contribution in [0.2, 0.25) is 5.02 Å². The highest BCUT2D eigenvalue weighted by atomic mass is 35.5. The topological polar surface area (TPSA) is 76.4 Å². The number of sulfonamides is 1. The Hall–Kier alpha value is -2.15. The van der Waals surface area contributed by atoms with Crippen molar-refractivity contribution in [2.75, 3.05) is 7.05 Å². The lowest BCUT2D eigenvalue weighted by molar-refractivity contribution is 0.103. The number of nitrogens with one attached hydrogen (secondary N) is 1. The van der Waals surface area contributed by atoms with Crippen molar-refractivity contribution in [1.29, 1.82) is 0 Å². The Morgan fingerprint density at radius 2 is 1.88 bits per heavy atom. The number of rotatable bonds is 4. The smallest absolute Gasteiger partial charge is 0.241 e. The molecule has 1 heterocycles. The molecular weight excluding hydrogens is 350 g/mol. The van der Waals surface area contributed by atoms with Crippen LogP contribution in [0, 0.1) is 6.92 Å². The average molecular weight is 364 g/mol. The number of aryl methyl sites for hydroxylation is 1. The Kier molecular flexibility index (Phi) is 4.21. The van der Waals surface area contributed by atoms with E-state index in [0.717, 1.165) is 0 Å². The first-order valence-electron chi connectivity index (χ1n) is 7.11. The largest absolute Gasteiger partial charge is 0.461 e. The Morgan fingerprint density at radius 3 is 2.58 bits per heavy atom. The second kappa shape index (κ2) is 6.05. The second-order valence-electron chi connectivity index (χ2n) is 5.21. The van der Waals surface area contributed by atoms with Crippen LogP contribution in [-0.2, 0) is 10.0 Å². The number of hydrogen-bond donors (Lipinski definition) is 1. The fraction of sp³-hybridized carbons (Fsp3) is 0.118. The normalized spacial score (nSPS) is 11.8. The first-order chi connectivity index (χ1) is 11.3. The summed E-state index contributed by atoms with van der Waals surface area (Å²) in [7, 11) is -2.48. The lowest BCUT2D eigenvalue weighted by Gasteiger charge is -2.07. The van der Waals surface area contributed by atoms with Gasteiger partial charge in [0.15, 0.2) is 5.78 Å². The molecular formula is C17H14ClNO4S. The number of carbonyl (C=O) groups excluding carboxylic acids is 1. The Labute approximate surface area is 144 Å². The third kappa shape index (κ3) is 2.73. The summed E-state index contributed by atoms with van der Waals surface area (Å²) in [6.45, 7) is 1.70. The average Bonchev–Trinajstić information content (AvgIpc) is 2.90. The SMILES string of the molecule is CNS(=O)(=O)c1cc(C(=O)c2c(C)oc3ccccc23)ccc1Cl. The van der Waals surface area contributed by atoms with Crippen molar-refractivity contribution >= 4 is 38.4 Å². The van der Waals surface area contributed by atoms with Crippen LogP contribution in [0.5, 0.6) is 0 Å². The van der Waals surface area contributed by atoms with Crippen LogP contribution in [0.4, 0.5) is 0 Å². The molecule has 3 rings (SSSR count). The number of ketones is 1. The molecule has 0 amide bonds. The molecule has 0 aliphatic rings. The fourth-order valence-electron chi connectivity index (χ4n) is 2.55. The van der Waals surface area contributed by atoms with Crippen molar-refractivity contribution in [2.24, 2.45) is 0 Å². The number of furan rings is 1. The van der Waals surface area contributed by atoms with Gasteiger partial charge in [-0.25, -0.2) is 13.1 Å². The van der Waals surface area contributed by atoms with E-state index < -0.39 is 10.0 Å². The summed E-state index contributed by atoms with van der Waals surface area (Å²) >= 11 is 5.97. The molecule has 124 valence electrons. The first kappa shape index (κ1) is 16.7. The van der Waals surface area contributed by atoms with Gasteiger partial charge in [0.1, 0.15) is 16.2 Å². The molecule has 1 N–H and O–H groups in total. The van der Waals surface area contributed by atoms with Crippen LogP contribution >= 0.6 is 11.6 Å². The summed E-state index contributed by atoms with van der Waals surface area (Å²) in [5.41, 5.74) is 1.25. The van der Waals surface area contributed by atoms with Crippen LogP contribution in [0.1, 0.15) is 21.7 Å². The summed E-state index contributed by atoms with van der Waals surface area (Å²) in [4.78, 5) is 12.8. The number of hydrogen-bond acceptors (Lipinski definition) is 4. The van der Waals surface area contributed by atoms with Crippen molar-refractivity contribution in [3.8, 4) is 0 Å². The lowest BCUT2D eigenvalue weighted by Crippen LogP contribution is -2.19. The molecule has 7 heteroatoms. The number of fused-ring (bicyclic) bond motifs is 1. The minimum absolute atomic E-state index is 0.0506. The maximum absolute atomic E-state index is 12.9. The Balaban J connectivity index is 2.17. The van der Waals surface area contributed by atoms with E-state index in [1.165, 1.54) is 25.2 Å². The monoisotopic (exact) mass is 363 g/mol. The van der Waals surface area contributed by atoms with Crippen LogP contribution in [0.15, 0.2) is 51.8 Å². The molecule has 24 heavy (non-hydrogen) atoms. The van der Waals surface area contributed by atoms with E-state index in [1.54, 1.807) is 19.1 Å². The standard InChI is InChI=1S/C17H14ClNO4S/c1-10-16(12-5-3-4-6-14(12)23-10)17(20)11-7-8-13(18)15(9-11)24(21,22)19-2/h3-9,19H,1-2H3. The van der Waals surface area contributed by atoms with E-state index in [0.29, 0.717) is 22.3 Å². The highest BCUT2D eigenvalue weighted by Crippen LogP contribution is 2.29. The van der Waals surface area contributed by atoms with Crippen molar-refractivity contribution in [2.45, 2.75) is 11.8 Å². The van der Waals surface area contributed by atoms with Gasteiger partial charge in [0.2, 0.25) is 10.0 Å². The summed E-state index contributed by atoms with van der Waals surface area (Å²) < 4.78 is 31.9. The Bertz CT molecular complexity index is 1050. The molecule has 5 nitrogen and oxygen atoms in total. The molecule has 0 aliphatic carbocycles. The zero-order valence-electron chi connectivity index (χ0n) is 13.0.